The van der Waals surface area contributed by atoms with Gasteiger partial charge in [-0.2, -0.15) is 0 Å². The van der Waals surface area contributed by atoms with Gasteiger partial charge in [0, 0.05) is 30.3 Å². The number of carbonyl (C=O) groups excluding carboxylic acids is 1. The molecular weight excluding hydrogens is 250 g/mol. The van der Waals surface area contributed by atoms with Crippen LogP contribution in [-0.4, -0.2) is 20.1 Å². The molecule has 20 heavy (non-hydrogen) atoms. The Labute approximate surface area is 118 Å². The van der Waals surface area contributed by atoms with Gasteiger partial charge in [0.1, 0.15) is 5.75 Å². The fraction of sp³-hybridized carbons (Fsp3) is 0.118. The molecule has 2 aromatic rings. The van der Waals surface area contributed by atoms with Gasteiger partial charge < -0.3 is 9.64 Å². The third-order valence-corrected chi connectivity index (χ3v) is 2.83. The van der Waals surface area contributed by atoms with Crippen LogP contribution in [0.4, 0.5) is 5.69 Å². The van der Waals surface area contributed by atoms with Crippen LogP contribution in [-0.2, 0) is 4.79 Å². The molecular formula is C17H15NO2. The molecule has 0 bridgehead atoms. The van der Waals surface area contributed by atoms with Crippen molar-refractivity contribution < 1.29 is 9.53 Å². The highest BCUT2D eigenvalue weighted by Gasteiger charge is 2.08. The number of nitrogens with zero attached hydrogens (tertiary/aromatic N) is 1. The second-order valence-corrected chi connectivity index (χ2v) is 4.18. The molecule has 3 heteroatoms. The highest BCUT2D eigenvalue weighted by molar-refractivity contribution is 6.05. The predicted molar refractivity (Wildman–Crippen MR) is 79.7 cm³/mol. The van der Waals surface area contributed by atoms with Crippen molar-refractivity contribution in [1.29, 1.82) is 0 Å². The summed E-state index contributed by atoms with van der Waals surface area (Å²) in [6, 6.07) is 16.7. The van der Waals surface area contributed by atoms with Crippen LogP contribution in [0.3, 0.4) is 0 Å². The van der Waals surface area contributed by atoms with E-state index in [1.807, 2.05) is 48.5 Å². The lowest BCUT2D eigenvalue weighted by Gasteiger charge is -2.14. The lowest BCUT2D eigenvalue weighted by atomic mass is 10.2. The van der Waals surface area contributed by atoms with Gasteiger partial charge in [0.2, 0.25) is 0 Å². The second kappa shape index (κ2) is 6.44. The molecule has 0 heterocycles. The molecule has 0 spiro atoms. The van der Waals surface area contributed by atoms with E-state index in [-0.39, 0.29) is 5.91 Å². The summed E-state index contributed by atoms with van der Waals surface area (Å²) in [6.45, 7) is 0. The molecule has 0 atom stereocenters. The average molecular weight is 265 g/mol. The van der Waals surface area contributed by atoms with Crippen molar-refractivity contribution in [3.63, 3.8) is 0 Å². The summed E-state index contributed by atoms with van der Waals surface area (Å²) in [6.07, 6.45) is 0. The number of ether oxygens (including phenoxy) is 1. The monoisotopic (exact) mass is 265 g/mol. The molecule has 0 unspecified atom stereocenters. The summed E-state index contributed by atoms with van der Waals surface area (Å²) in [5, 5.41) is 0. The van der Waals surface area contributed by atoms with Crippen LogP contribution < -0.4 is 9.64 Å². The van der Waals surface area contributed by atoms with Crippen molar-refractivity contribution >= 4 is 11.6 Å². The van der Waals surface area contributed by atoms with E-state index in [1.54, 1.807) is 20.2 Å². The minimum Gasteiger partial charge on any atom is -0.497 e. The first-order chi connectivity index (χ1) is 9.70. The Morgan fingerprint density at radius 3 is 2.55 bits per heavy atom. The van der Waals surface area contributed by atoms with Gasteiger partial charge in [0.15, 0.2) is 0 Å². The molecule has 1 amide bonds. The highest BCUT2D eigenvalue weighted by atomic mass is 16.5. The van der Waals surface area contributed by atoms with Crippen molar-refractivity contribution in [2.45, 2.75) is 0 Å². The molecule has 0 saturated heterocycles. The topological polar surface area (TPSA) is 29.5 Å². The zero-order valence-corrected chi connectivity index (χ0v) is 11.5. The number of hydrogen-bond acceptors (Lipinski definition) is 2. The number of methoxy groups -OCH3 is 1. The van der Waals surface area contributed by atoms with Gasteiger partial charge in [-0.3, -0.25) is 4.79 Å². The molecule has 2 aromatic carbocycles. The molecule has 100 valence electrons. The fourth-order valence-electron chi connectivity index (χ4n) is 1.67. The van der Waals surface area contributed by atoms with Gasteiger partial charge in [0.05, 0.1) is 7.11 Å². The van der Waals surface area contributed by atoms with E-state index in [2.05, 4.69) is 11.8 Å². The van der Waals surface area contributed by atoms with E-state index >= 15 is 0 Å². The van der Waals surface area contributed by atoms with E-state index in [0.29, 0.717) is 5.75 Å². The number of anilines is 1. The van der Waals surface area contributed by atoms with E-state index in [0.717, 1.165) is 11.3 Å². The summed E-state index contributed by atoms with van der Waals surface area (Å²) < 4.78 is 5.14. The first-order valence-corrected chi connectivity index (χ1v) is 6.19. The Balaban J connectivity index is 2.15. The van der Waals surface area contributed by atoms with Crippen molar-refractivity contribution in [2.24, 2.45) is 0 Å². The smallest absolute Gasteiger partial charge is 0.302 e. The molecule has 0 aromatic heterocycles. The van der Waals surface area contributed by atoms with Gasteiger partial charge >= 0.3 is 5.91 Å². The summed E-state index contributed by atoms with van der Waals surface area (Å²) >= 11 is 0. The Bertz CT molecular complexity index is 653. The van der Waals surface area contributed by atoms with E-state index in [4.69, 9.17) is 4.74 Å². The summed E-state index contributed by atoms with van der Waals surface area (Å²) in [5.74, 6) is 5.93. The van der Waals surface area contributed by atoms with Crippen LogP contribution in [0.2, 0.25) is 0 Å². The standard InChI is InChI=1S/C17H15NO2/c1-18(15-9-6-10-16(13-15)20-2)17(19)12-11-14-7-4-3-5-8-14/h3-10,13H,1-2H3. The second-order valence-electron chi connectivity index (χ2n) is 4.18. The summed E-state index contributed by atoms with van der Waals surface area (Å²) in [5.41, 5.74) is 1.57. The van der Waals surface area contributed by atoms with Gasteiger partial charge in [-0.25, -0.2) is 0 Å². The quantitative estimate of drug-likeness (QED) is 0.781. The summed E-state index contributed by atoms with van der Waals surface area (Å²) in [4.78, 5) is 13.5. The Morgan fingerprint density at radius 1 is 1.10 bits per heavy atom. The molecule has 0 radical (unpaired) electrons. The van der Waals surface area contributed by atoms with Gasteiger partial charge in [-0.1, -0.05) is 30.2 Å². The molecule has 0 N–H and O–H groups in total. The van der Waals surface area contributed by atoms with E-state index in [1.165, 1.54) is 4.90 Å². The zero-order valence-electron chi connectivity index (χ0n) is 11.5. The largest absolute Gasteiger partial charge is 0.497 e. The lowest BCUT2D eigenvalue weighted by Crippen LogP contribution is -2.24. The van der Waals surface area contributed by atoms with Gasteiger partial charge in [-0.15, -0.1) is 0 Å². The third kappa shape index (κ3) is 3.39. The Morgan fingerprint density at radius 2 is 1.85 bits per heavy atom. The number of rotatable bonds is 2. The van der Waals surface area contributed by atoms with Crippen LogP contribution >= 0.6 is 0 Å². The molecule has 0 aliphatic carbocycles. The van der Waals surface area contributed by atoms with E-state index < -0.39 is 0 Å². The minimum atomic E-state index is -0.262. The van der Waals surface area contributed by atoms with Crippen molar-refractivity contribution in [1.82, 2.24) is 0 Å². The van der Waals surface area contributed by atoms with Crippen molar-refractivity contribution in [2.75, 3.05) is 19.1 Å². The number of carbonyl (C=O) groups is 1. The van der Waals surface area contributed by atoms with Crippen LogP contribution in [0.5, 0.6) is 5.75 Å². The Kier molecular flexibility index (Phi) is 4.41. The maximum absolute atomic E-state index is 12.0. The third-order valence-electron chi connectivity index (χ3n) is 2.83. The SMILES string of the molecule is COc1cccc(N(C)C(=O)C#Cc2ccccc2)c1. The average Bonchev–Trinajstić information content (AvgIpc) is 2.53. The first-order valence-electron chi connectivity index (χ1n) is 6.19. The van der Waals surface area contributed by atoms with Gasteiger partial charge in [-0.05, 0) is 24.3 Å². The summed E-state index contributed by atoms with van der Waals surface area (Å²) in [7, 11) is 3.28. The molecule has 0 aliphatic rings. The Hall–Kier alpha value is -2.73. The maximum atomic E-state index is 12.0. The number of benzene rings is 2. The fourth-order valence-corrected chi connectivity index (χ4v) is 1.67. The predicted octanol–water partition coefficient (Wildman–Crippen LogP) is 2.71. The molecule has 0 fully saturated rings. The number of hydrogen-bond donors (Lipinski definition) is 0. The minimum absolute atomic E-state index is 0.262. The van der Waals surface area contributed by atoms with Crippen LogP contribution in [0.25, 0.3) is 0 Å². The molecule has 3 nitrogen and oxygen atoms in total. The van der Waals surface area contributed by atoms with Crippen LogP contribution in [0.1, 0.15) is 5.56 Å². The van der Waals surface area contributed by atoms with Crippen LogP contribution in [0.15, 0.2) is 54.6 Å². The lowest BCUT2D eigenvalue weighted by molar-refractivity contribution is -0.113. The number of amides is 1. The molecule has 0 aliphatic heterocycles. The highest BCUT2D eigenvalue weighted by Crippen LogP contribution is 2.19. The normalized spacial score (nSPS) is 9.30. The van der Waals surface area contributed by atoms with E-state index in [9.17, 15) is 4.79 Å². The van der Waals surface area contributed by atoms with Crippen LogP contribution in [0, 0.1) is 11.8 Å². The zero-order chi connectivity index (χ0) is 14.4. The molecule has 0 saturated carbocycles. The van der Waals surface area contributed by atoms with Crippen molar-refractivity contribution in [3.05, 3.63) is 60.2 Å². The first kappa shape index (κ1) is 13.7. The maximum Gasteiger partial charge on any atom is 0.302 e. The van der Waals surface area contributed by atoms with Gasteiger partial charge in [0.25, 0.3) is 0 Å². The molecule has 2 rings (SSSR count). The van der Waals surface area contributed by atoms with Crippen molar-refractivity contribution in [3.8, 4) is 17.6 Å².